The summed E-state index contributed by atoms with van der Waals surface area (Å²) in [7, 11) is 0. The van der Waals surface area contributed by atoms with Gasteiger partial charge in [-0.1, -0.05) is 76.2 Å². The Morgan fingerprint density at radius 1 is 1.04 bits per heavy atom. The topological polar surface area (TPSA) is 29.1 Å². The minimum atomic E-state index is 0. The highest BCUT2D eigenvalue weighted by Gasteiger charge is 2.30. The second-order valence-electron chi connectivity index (χ2n) is 6.15. The number of amides is 1. The molecular formula is C22H31NO. The van der Waals surface area contributed by atoms with E-state index >= 15 is 0 Å². The van der Waals surface area contributed by atoms with E-state index in [-0.39, 0.29) is 13.3 Å². The summed E-state index contributed by atoms with van der Waals surface area (Å²) in [5.74, 6) is 0.522. The number of carbonyl (C=O) groups is 1. The molecule has 0 fully saturated rings. The van der Waals surface area contributed by atoms with Crippen LogP contribution in [0.5, 0.6) is 0 Å². The lowest BCUT2D eigenvalue weighted by atomic mass is 9.87. The van der Waals surface area contributed by atoms with Gasteiger partial charge in [0.2, 0.25) is 5.91 Å². The van der Waals surface area contributed by atoms with Crippen LogP contribution in [0.15, 0.2) is 48.5 Å². The van der Waals surface area contributed by atoms with E-state index in [2.05, 4.69) is 60.8 Å². The molecule has 24 heavy (non-hydrogen) atoms. The number of rotatable bonds is 5. The molecule has 0 saturated carbocycles. The lowest BCUT2D eigenvalue weighted by molar-refractivity contribution is -0.124. The average Bonchev–Trinajstić information content (AvgIpc) is 2.96. The SMILES string of the molecule is CC.CCCNC(=O)C(C)CC1c2ccccc2-c2ccccc21.[HH]. The maximum atomic E-state index is 12.2. The molecule has 1 atom stereocenters. The van der Waals surface area contributed by atoms with Gasteiger partial charge in [0.05, 0.1) is 0 Å². The number of hydrogen-bond donors (Lipinski definition) is 1. The normalized spacial score (nSPS) is 13.3. The molecule has 1 N–H and O–H groups in total. The number of hydrogen-bond acceptors (Lipinski definition) is 1. The van der Waals surface area contributed by atoms with Gasteiger partial charge in [0.25, 0.3) is 0 Å². The maximum Gasteiger partial charge on any atom is 0.222 e. The number of carbonyl (C=O) groups excluding carboxylic acids is 1. The Morgan fingerprint density at radius 2 is 1.54 bits per heavy atom. The van der Waals surface area contributed by atoms with Crippen LogP contribution < -0.4 is 5.32 Å². The number of nitrogens with one attached hydrogen (secondary N) is 1. The van der Waals surface area contributed by atoms with E-state index in [1.54, 1.807) is 0 Å². The molecule has 2 nitrogen and oxygen atoms in total. The molecule has 1 amide bonds. The van der Waals surface area contributed by atoms with Crippen LogP contribution in [-0.4, -0.2) is 12.5 Å². The van der Waals surface area contributed by atoms with Crippen LogP contribution in [0.3, 0.4) is 0 Å². The van der Waals surface area contributed by atoms with E-state index in [0.717, 1.165) is 19.4 Å². The van der Waals surface area contributed by atoms with Crippen molar-refractivity contribution in [3.8, 4) is 11.1 Å². The van der Waals surface area contributed by atoms with Crippen molar-refractivity contribution in [2.24, 2.45) is 5.92 Å². The molecular weight excluding hydrogens is 294 g/mol. The highest BCUT2D eigenvalue weighted by Crippen LogP contribution is 2.47. The molecule has 0 radical (unpaired) electrons. The Kier molecular flexibility index (Phi) is 6.60. The van der Waals surface area contributed by atoms with Gasteiger partial charge in [-0.3, -0.25) is 4.79 Å². The molecule has 2 heteroatoms. The van der Waals surface area contributed by atoms with Crippen molar-refractivity contribution in [2.75, 3.05) is 6.54 Å². The van der Waals surface area contributed by atoms with Gasteiger partial charge in [-0.15, -0.1) is 0 Å². The molecule has 0 aliphatic heterocycles. The van der Waals surface area contributed by atoms with Crippen LogP contribution in [-0.2, 0) is 4.79 Å². The van der Waals surface area contributed by atoms with Crippen LogP contribution in [0.25, 0.3) is 11.1 Å². The zero-order valence-electron chi connectivity index (χ0n) is 15.3. The molecule has 1 aliphatic carbocycles. The fourth-order valence-electron chi connectivity index (χ4n) is 3.40. The minimum Gasteiger partial charge on any atom is -0.356 e. The van der Waals surface area contributed by atoms with Gasteiger partial charge in [0, 0.05) is 19.8 Å². The third-order valence-corrected chi connectivity index (χ3v) is 4.55. The van der Waals surface area contributed by atoms with Crippen molar-refractivity contribution in [1.29, 1.82) is 0 Å². The lowest BCUT2D eigenvalue weighted by Crippen LogP contribution is -2.30. The summed E-state index contributed by atoms with van der Waals surface area (Å²) in [5.41, 5.74) is 5.37. The fraction of sp³-hybridized carbons (Fsp3) is 0.409. The van der Waals surface area contributed by atoms with Crippen LogP contribution >= 0.6 is 0 Å². The first kappa shape index (κ1) is 18.3. The van der Waals surface area contributed by atoms with Crippen molar-refractivity contribution in [3.05, 3.63) is 59.7 Å². The second kappa shape index (κ2) is 8.68. The summed E-state index contributed by atoms with van der Waals surface area (Å²) < 4.78 is 0. The Morgan fingerprint density at radius 3 is 2.04 bits per heavy atom. The van der Waals surface area contributed by atoms with E-state index in [9.17, 15) is 4.79 Å². The molecule has 0 bridgehead atoms. The first-order valence-corrected chi connectivity index (χ1v) is 9.18. The van der Waals surface area contributed by atoms with E-state index in [4.69, 9.17) is 0 Å². The first-order chi connectivity index (χ1) is 11.7. The predicted molar refractivity (Wildman–Crippen MR) is 104 cm³/mol. The largest absolute Gasteiger partial charge is 0.356 e. The molecule has 0 aromatic heterocycles. The summed E-state index contributed by atoms with van der Waals surface area (Å²) in [6.07, 6.45) is 1.84. The van der Waals surface area contributed by atoms with Crippen LogP contribution in [0.1, 0.15) is 59.0 Å². The van der Waals surface area contributed by atoms with Gasteiger partial charge in [0.1, 0.15) is 0 Å². The van der Waals surface area contributed by atoms with Crippen molar-refractivity contribution in [1.82, 2.24) is 5.32 Å². The fourth-order valence-corrected chi connectivity index (χ4v) is 3.40. The van der Waals surface area contributed by atoms with Crippen molar-refractivity contribution >= 4 is 5.91 Å². The van der Waals surface area contributed by atoms with Crippen molar-refractivity contribution < 1.29 is 6.22 Å². The third kappa shape index (κ3) is 3.69. The van der Waals surface area contributed by atoms with Crippen LogP contribution in [0.4, 0.5) is 0 Å². The Labute approximate surface area is 147 Å². The smallest absolute Gasteiger partial charge is 0.222 e. The van der Waals surface area contributed by atoms with Crippen LogP contribution in [0, 0.1) is 5.92 Å². The third-order valence-electron chi connectivity index (χ3n) is 4.55. The molecule has 0 spiro atoms. The molecule has 130 valence electrons. The van der Waals surface area contributed by atoms with E-state index in [0.29, 0.717) is 5.92 Å². The molecule has 2 aromatic rings. The summed E-state index contributed by atoms with van der Waals surface area (Å²) in [6.45, 7) is 8.88. The summed E-state index contributed by atoms with van der Waals surface area (Å²) in [5, 5.41) is 3.02. The molecule has 0 saturated heterocycles. The van der Waals surface area contributed by atoms with Gasteiger partial charge in [-0.05, 0) is 35.1 Å². The quantitative estimate of drug-likeness (QED) is 0.759. The highest BCUT2D eigenvalue weighted by atomic mass is 16.1. The summed E-state index contributed by atoms with van der Waals surface area (Å²) in [4.78, 5) is 12.2. The molecule has 1 aliphatic rings. The van der Waals surface area contributed by atoms with Crippen LogP contribution in [0.2, 0.25) is 0 Å². The highest BCUT2D eigenvalue weighted by molar-refractivity contribution is 5.81. The Bertz CT molecular complexity index is 638. The van der Waals surface area contributed by atoms with Gasteiger partial charge in [-0.25, -0.2) is 0 Å². The molecule has 2 aromatic carbocycles. The molecule has 1 unspecified atom stereocenters. The summed E-state index contributed by atoms with van der Waals surface area (Å²) >= 11 is 0. The maximum absolute atomic E-state index is 12.2. The second-order valence-corrected chi connectivity index (χ2v) is 6.15. The van der Waals surface area contributed by atoms with E-state index < -0.39 is 0 Å². The van der Waals surface area contributed by atoms with Crippen molar-refractivity contribution in [2.45, 2.75) is 46.5 Å². The van der Waals surface area contributed by atoms with Gasteiger partial charge >= 0.3 is 0 Å². The summed E-state index contributed by atoms with van der Waals surface area (Å²) in [6, 6.07) is 17.2. The monoisotopic (exact) mass is 325 g/mol. The zero-order valence-corrected chi connectivity index (χ0v) is 15.3. The zero-order chi connectivity index (χ0) is 17.5. The average molecular weight is 325 g/mol. The van der Waals surface area contributed by atoms with E-state index in [1.807, 2.05) is 20.8 Å². The molecule has 3 rings (SSSR count). The first-order valence-electron chi connectivity index (χ1n) is 9.18. The van der Waals surface area contributed by atoms with Gasteiger partial charge in [-0.2, -0.15) is 0 Å². The van der Waals surface area contributed by atoms with Gasteiger partial charge in [0.15, 0.2) is 0 Å². The number of fused-ring (bicyclic) bond motifs is 3. The standard InChI is InChI=1S/C20H23NO.C2H6.H2/c1-3-12-21-20(22)14(2)13-19-17-10-6-4-8-15(17)16-9-5-7-11-18(16)19;1-2;/h4-11,14,19H,3,12-13H2,1-2H3,(H,21,22);1-2H3;1H. The Balaban J connectivity index is 0.00000101. The van der Waals surface area contributed by atoms with E-state index in [1.165, 1.54) is 22.3 Å². The molecule has 0 heterocycles. The van der Waals surface area contributed by atoms with Crippen molar-refractivity contribution in [3.63, 3.8) is 0 Å². The Hall–Kier alpha value is -2.09. The predicted octanol–water partition coefficient (Wildman–Crippen LogP) is 5.62. The number of benzene rings is 2. The minimum absolute atomic E-state index is 0. The van der Waals surface area contributed by atoms with Gasteiger partial charge < -0.3 is 5.32 Å². The lowest BCUT2D eigenvalue weighted by Gasteiger charge is -2.18.